The summed E-state index contributed by atoms with van der Waals surface area (Å²) < 4.78 is 5.50. The van der Waals surface area contributed by atoms with E-state index in [1.54, 1.807) is 11.9 Å². The molecule has 0 radical (unpaired) electrons. The van der Waals surface area contributed by atoms with E-state index in [0.29, 0.717) is 32.4 Å². The molecule has 6 nitrogen and oxygen atoms in total. The molecule has 1 aromatic rings. The predicted molar refractivity (Wildman–Crippen MR) is 84.7 cm³/mol. The maximum absolute atomic E-state index is 12.0. The number of nitrogens with zero attached hydrogens (tertiary/aromatic N) is 2. The minimum atomic E-state index is -0.820. The second-order valence-electron chi connectivity index (χ2n) is 5.13. The van der Waals surface area contributed by atoms with Crippen LogP contribution in [-0.4, -0.2) is 40.5 Å². The van der Waals surface area contributed by atoms with Crippen molar-refractivity contribution in [1.82, 2.24) is 9.88 Å². The molecule has 1 heterocycles. The molecule has 0 aliphatic carbocycles. The molecule has 0 aliphatic heterocycles. The molecule has 22 heavy (non-hydrogen) atoms. The lowest BCUT2D eigenvalue weighted by Crippen LogP contribution is -2.26. The number of hydrogen-bond acceptors (Lipinski definition) is 5. The highest BCUT2D eigenvalue weighted by molar-refractivity contribution is 7.09. The van der Waals surface area contributed by atoms with E-state index < -0.39 is 5.97 Å². The molecule has 1 aromatic heterocycles. The maximum atomic E-state index is 12.0. The highest BCUT2D eigenvalue weighted by Crippen LogP contribution is 2.21. The molecule has 1 unspecified atom stereocenters. The highest BCUT2D eigenvalue weighted by Gasteiger charge is 2.14. The van der Waals surface area contributed by atoms with Gasteiger partial charge in [0.05, 0.1) is 12.2 Å². The molecule has 7 heteroatoms. The zero-order valence-corrected chi connectivity index (χ0v) is 14.2. The Balaban J connectivity index is 2.39. The summed E-state index contributed by atoms with van der Waals surface area (Å²) in [7, 11) is 1.74. The van der Waals surface area contributed by atoms with Crippen LogP contribution in [0.1, 0.15) is 56.3 Å². The van der Waals surface area contributed by atoms with E-state index in [2.05, 4.69) is 4.98 Å². The van der Waals surface area contributed by atoms with Gasteiger partial charge >= 0.3 is 5.97 Å². The lowest BCUT2D eigenvalue weighted by molar-refractivity contribution is -0.137. The molecule has 0 saturated carbocycles. The molecule has 124 valence electrons. The van der Waals surface area contributed by atoms with Crippen molar-refractivity contribution in [2.24, 2.45) is 0 Å². The Kier molecular flexibility index (Phi) is 8.05. The molecule has 0 bridgehead atoms. The van der Waals surface area contributed by atoms with E-state index in [9.17, 15) is 9.59 Å². The van der Waals surface area contributed by atoms with Crippen LogP contribution in [0.15, 0.2) is 5.38 Å². The van der Waals surface area contributed by atoms with E-state index in [4.69, 9.17) is 9.84 Å². The van der Waals surface area contributed by atoms with Gasteiger partial charge in [0.15, 0.2) is 0 Å². The van der Waals surface area contributed by atoms with Crippen molar-refractivity contribution in [3.8, 4) is 0 Å². The Morgan fingerprint density at radius 2 is 2.09 bits per heavy atom. The standard InChI is InChI=1S/C15H24N2O4S/c1-4-21-11(2)15-16-12(10-22-15)9-17(3)13(18)7-5-6-8-14(19)20/h10-11H,4-9H2,1-3H3,(H,19,20). The minimum Gasteiger partial charge on any atom is -0.481 e. The topological polar surface area (TPSA) is 79.7 Å². The highest BCUT2D eigenvalue weighted by atomic mass is 32.1. The average molecular weight is 328 g/mol. The van der Waals surface area contributed by atoms with Crippen molar-refractivity contribution in [3.05, 3.63) is 16.1 Å². The molecule has 0 aromatic carbocycles. The Bertz CT molecular complexity index is 490. The Hall–Kier alpha value is -1.47. The lowest BCUT2D eigenvalue weighted by atomic mass is 10.2. The van der Waals surface area contributed by atoms with E-state index in [0.717, 1.165) is 10.7 Å². The summed E-state index contributed by atoms with van der Waals surface area (Å²) in [5.41, 5.74) is 0.855. The Morgan fingerprint density at radius 3 is 2.73 bits per heavy atom. The number of carboxylic acids is 1. The summed E-state index contributed by atoms with van der Waals surface area (Å²) in [4.78, 5) is 28.5. The normalized spacial score (nSPS) is 12.1. The molecule has 1 N–H and O–H groups in total. The largest absolute Gasteiger partial charge is 0.481 e. The minimum absolute atomic E-state index is 0.0118. The summed E-state index contributed by atoms with van der Waals surface area (Å²) in [6, 6.07) is 0. The smallest absolute Gasteiger partial charge is 0.303 e. The summed E-state index contributed by atoms with van der Waals surface area (Å²) >= 11 is 1.54. The fourth-order valence-corrected chi connectivity index (χ4v) is 2.79. The van der Waals surface area contributed by atoms with Crippen LogP contribution in [0.25, 0.3) is 0 Å². The first-order valence-electron chi connectivity index (χ1n) is 7.45. The number of amides is 1. The number of rotatable bonds is 10. The van der Waals surface area contributed by atoms with Gasteiger partial charge in [-0.15, -0.1) is 11.3 Å². The number of thiazole rings is 1. The number of aliphatic carboxylic acids is 1. The SMILES string of the molecule is CCOC(C)c1nc(CN(C)C(=O)CCCCC(=O)O)cs1. The van der Waals surface area contributed by atoms with Crippen LogP contribution in [0.3, 0.4) is 0 Å². The Labute approximate surface area is 135 Å². The molecular weight excluding hydrogens is 304 g/mol. The van der Waals surface area contributed by atoms with E-state index in [1.807, 2.05) is 19.2 Å². The van der Waals surface area contributed by atoms with Gasteiger partial charge in [-0.05, 0) is 26.7 Å². The fourth-order valence-electron chi connectivity index (χ4n) is 1.98. The number of carboxylic acid groups (broad SMARTS) is 1. The maximum Gasteiger partial charge on any atom is 0.303 e. The quantitative estimate of drug-likeness (QED) is 0.668. The molecule has 1 atom stereocenters. The monoisotopic (exact) mass is 328 g/mol. The van der Waals surface area contributed by atoms with Crippen molar-refractivity contribution in [2.45, 2.75) is 52.2 Å². The number of hydrogen-bond donors (Lipinski definition) is 1. The molecule has 0 fully saturated rings. The van der Waals surface area contributed by atoms with Crippen molar-refractivity contribution in [3.63, 3.8) is 0 Å². The first-order valence-corrected chi connectivity index (χ1v) is 8.33. The van der Waals surface area contributed by atoms with Crippen LogP contribution >= 0.6 is 11.3 Å². The number of aromatic nitrogens is 1. The average Bonchev–Trinajstić information content (AvgIpc) is 2.92. The van der Waals surface area contributed by atoms with E-state index >= 15 is 0 Å². The number of unbranched alkanes of at least 4 members (excludes halogenated alkanes) is 1. The van der Waals surface area contributed by atoms with Gasteiger partial charge in [-0.2, -0.15) is 0 Å². The van der Waals surface area contributed by atoms with E-state index in [1.165, 1.54) is 11.3 Å². The van der Waals surface area contributed by atoms with Gasteiger partial charge in [0, 0.05) is 31.9 Å². The second kappa shape index (κ2) is 9.53. The van der Waals surface area contributed by atoms with Gasteiger partial charge in [0.25, 0.3) is 0 Å². The molecule has 0 spiro atoms. The first-order chi connectivity index (χ1) is 10.4. The van der Waals surface area contributed by atoms with Crippen LogP contribution in [0.4, 0.5) is 0 Å². The number of carbonyl (C=O) groups is 2. The predicted octanol–water partition coefficient (Wildman–Crippen LogP) is 2.84. The summed E-state index contributed by atoms with van der Waals surface area (Å²) in [5, 5.41) is 11.4. The number of ether oxygens (including phenoxy) is 1. The third-order valence-electron chi connectivity index (χ3n) is 3.19. The first kappa shape index (κ1) is 18.6. The molecule has 1 rings (SSSR count). The van der Waals surface area contributed by atoms with Gasteiger partial charge in [-0.3, -0.25) is 9.59 Å². The number of carbonyl (C=O) groups excluding carboxylic acids is 1. The molecule has 0 aliphatic rings. The summed E-state index contributed by atoms with van der Waals surface area (Å²) in [6.45, 7) is 5.02. The van der Waals surface area contributed by atoms with Gasteiger partial charge in [-0.25, -0.2) is 4.98 Å². The lowest BCUT2D eigenvalue weighted by Gasteiger charge is -2.15. The van der Waals surface area contributed by atoms with Crippen LogP contribution in [0.2, 0.25) is 0 Å². The molecule has 0 saturated heterocycles. The van der Waals surface area contributed by atoms with Crippen molar-refractivity contribution < 1.29 is 19.4 Å². The van der Waals surface area contributed by atoms with Gasteiger partial charge in [-0.1, -0.05) is 0 Å². The van der Waals surface area contributed by atoms with Crippen molar-refractivity contribution in [1.29, 1.82) is 0 Å². The van der Waals surface area contributed by atoms with Crippen LogP contribution in [0, 0.1) is 0 Å². The van der Waals surface area contributed by atoms with Crippen molar-refractivity contribution >= 4 is 23.2 Å². The second-order valence-corrected chi connectivity index (χ2v) is 6.01. The fraction of sp³-hybridized carbons (Fsp3) is 0.667. The summed E-state index contributed by atoms with van der Waals surface area (Å²) in [5.74, 6) is -0.808. The van der Waals surface area contributed by atoms with Gasteiger partial charge < -0.3 is 14.7 Å². The molecular formula is C15H24N2O4S. The zero-order chi connectivity index (χ0) is 16.5. The van der Waals surface area contributed by atoms with Gasteiger partial charge in [0.1, 0.15) is 11.1 Å². The zero-order valence-electron chi connectivity index (χ0n) is 13.4. The summed E-state index contributed by atoms with van der Waals surface area (Å²) in [6.07, 6.45) is 1.58. The van der Waals surface area contributed by atoms with Crippen molar-refractivity contribution in [2.75, 3.05) is 13.7 Å². The van der Waals surface area contributed by atoms with Crippen LogP contribution in [-0.2, 0) is 20.9 Å². The Morgan fingerprint density at radius 1 is 1.41 bits per heavy atom. The molecule has 1 amide bonds. The van der Waals surface area contributed by atoms with Crippen LogP contribution in [0.5, 0.6) is 0 Å². The van der Waals surface area contributed by atoms with Gasteiger partial charge in [0.2, 0.25) is 5.91 Å². The van der Waals surface area contributed by atoms with Crippen LogP contribution < -0.4 is 0 Å². The third-order valence-corrected chi connectivity index (χ3v) is 4.24. The van der Waals surface area contributed by atoms with E-state index in [-0.39, 0.29) is 18.4 Å². The third kappa shape index (κ3) is 6.53.